The highest BCUT2D eigenvalue weighted by Gasteiger charge is 2.21. The van der Waals surface area contributed by atoms with Gasteiger partial charge in [-0.2, -0.15) is 0 Å². The van der Waals surface area contributed by atoms with E-state index in [2.05, 4.69) is 0 Å². The van der Waals surface area contributed by atoms with E-state index < -0.39 is 18.0 Å². The van der Waals surface area contributed by atoms with E-state index >= 15 is 0 Å². The van der Waals surface area contributed by atoms with Gasteiger partial charge < -0.3 is 15.6 Å². The number of halogens is 2. The first-order chi connectivity index (χ1) is 7.95. The summed E-state index contributed by atoms with van der Waals surface area (Å²) in [5.41, 5.74) is 6.16. The van der Waals surface area contributed by atoms with Crippen molar-refractivity contribution in [2.24, 2.45) is 11.7 Å². The number of aliphatic hydroxyl groups is 1. The van der Waals surface area contributed by atoms with E-state index in [0.717, 1.165) is 0 Å². The fourth-order valence-electron chi connectivity index (χ4n) is 1.74. The Morgan fingerprint density at radius 3 is 2.50 bits per heavy atom. The zero-order valence-electron chi connectivity index (χ0n) is 10.9. The van der Waals surface area contributed by atoms with E-state index in [1.54, 1.807) is 0 Å². The van der Waals surface area contributed by atoms with Crippen molar-refractivity contribution in [1.82, 2.24) is 0 Å². The standard InChI is InChI=1S/C13H20FNO2.ClH/c1-8(2)6-12(16)13(15)10-7-9(17-3)4-5-11(10)14;/h4-5,7-8,12-13,16H,6,15H2,1-3H3;1H/t12-,13+;/m1./s1. The summed E-state index contributed by atoms with van der Waals surface area (Å²) < 4.78 is 18.6. The smallest absolute Gasteiger partial charge is 0.128 e. The molecular weight excluding hydrogens is 257 g/mol. The van der Waals surface area contributed by atoms with E-state index in [0.29, 0.717) is 18.1 Å². The number of ether oxygens (including phenoxy) is 1. The molecule has 0 unspecified atom stereocenters. The average molecular weight is 278 g/mol. The second kappa shape index (κ2) is 7.56. The fraction of sp³-hybridized carbons (Fsp3) is 0.538. The molecule has 0 saturated heterocycles. The van der Waals surface area contributed by atoms with Crippen molar-refractivity contribution >= 4 is 12.4 Å². The van der Waals surface area contributed by atoms with Crippen molar-refractivity contribution in [2.75, 3.05) is 7.11 Å². The minimum atomic E-state index is -0.753. The van der Waals surface area contributed by atoms with Crippen molar-refractivity contribution < 1.29 is 14.2 Å². The van der Waals surface area contributed by atoms with Gasteiger partial charge in [-0.05, 0) is 30.5 Å². The number of nitrogens with two attached hydrogens (primary N) is 1. The molecule has 0 aliphatic heterocycles. The number of rotatable bonds is 5. The fourth-order valence-corrected chi connectivity index (χ4v) is 1.74. The van der Waals surface area contributed by atoms with Crippen LogP contribution in [0.2, 0.25) is 0 Å². The van der Waals surface area contributed by atoms with Gasteiger partial charge in [-0.1, -0.05) is 13.8 Å². The molecule has 0 saturated carbocycles. The molecule has 0 heterocycles. The second-order valence-electron chi connectivity index (χ2n) is 4.61. The number of benzene rings is 1. The maximum atomic E-state index is 13.6. The van der Waals surface area contributed by atoms with Crippen LogP contribution < -0.4 is 10.5 Å². The minimum Gasteiger partial charge on any atom is -0.497 e. The summed E-state index contributed by atoms with van der Waals surface area (Å²) in [5, 5.41) is 9.90. The Hall–Kier alpha value is -0.840. The molecule has 3 nitrogen and oxygen atoms in total. The molecule has 104 valence electrons. The lowest BCUT2D eigenvalue weighted by molar-refractivity contribution is 0.119. The molecule has 0 aliphatic rings. The molecule has 0 bridgehead atoms. The van der Waals surface area contributed by atoms with Crippen molar-refractivity contribution in [1.29, 1.82) is 0 Å². The first-order valence-corrected chi connectivity index (χ1v) is 5.72. The molecule has 0 aliphatic carbocycles. The van der Waals surface area contributed by atoms with Gasteiger partial charge in [-0.25, -0.2) is 4.39 Å². The molecule has 18 heavy (non-hydrogen) atoms. The van der Waals surface area contributed by atoms with E-state index in [1.807, 2.05) is 13.8 Å². The van der Waals surface area contributed by atoms with Gasteiger partial charge in [0.25, 0.3) is 0 Å². The second-order valence-corrected chi connectivity index (χ2v) is 4.61. The van der Waals surface area contributed by atoms with Crippen molar-refractivity contribution in [3.8, 4) is 5.75 Å². The van der Waals surface area contributed by atoms with Gasteiger partial charge in [0.05, 0.1) is 19.3 Å². The Labute approximate surface area is 114 Å². The lowest BCUT2D eigenvalue weighted by Crippen LogP contribution is -2.28. The monoisotopic (exact) mass is 277 g/mol. The van der Waals surface area contributed by atoms with Crippen LogP contribution in [0.15, 0.2) is 18.2 Å². The average Bonchev–Trinajstić information content (AvgIpc) is 2.28. The van der Waals surface area contributed by atoms with Crippen LogP contribution in [0.4, 0.5) is 4.39 Å². The highest BCUT2D eigenvalue weighted by molar-refractivity contribution is 5.85. The largest absolute Gasteiger partial charge is 0.497 e. The Morgan fingerprint density at radius 1 is 1.39 bits per heavy atom. The summed E-state index contributed by atoms with van der Waals surface area (Å²) in [6.45, 7) is 3.97. The maximum Gasteiger partial charge on any atom is 0.128 e. The Kier molecular flexibility index (Phi) is 7.21. The molecule has 5 heteroatoms. The summed E-state index contributed by atoms with van der Waals surface area (Å²) in [7, 11) is 1.51. The third kappa shape index (κ3) is 4.44. The molecule has 0 fully saturated rings. The Bertz CT molecular complexity index is 374. The number of aliphatic hydroxyl groups excluding tert-OH is 1. The van der Waals surface area contributed by atoms with E-state index in [1.165, 1.54) is 25.3 Å². The van der Waals surface area contributed by atoms with Crippen LogP contribution in [0.25, 0.3) is 0 Å². The molecule has 1 aromatic rings. The van der Waals surface area contributed by atoms with E-state index in [-0.39, 0.29) is 18.0 Å². The molecule has 1 aromatic carbocycles. The van der Waals surface area contributed by atoms with Gasteiger partial charge in [0, 0.05) is 5.56 Å². The van der Waals surface area contributed by atoms with Gasteiger partial charge >= 0.3 is 0 Å². The predicted molar refractivity (Wildman–Crippen MR) is 72.6 cm³/mol. The van der Waals surface area contributed by atoms with Gasteiger partial charge in [0.1, 0.15) is 11.6 Å². The Morgan fingerprint density at radius 2 is 2.00 bits per heavy atom. The van der Waals surface area contributed by atoms with Crippen LogP contribution >= 0.6 is 12.4 Å². The van der Waals surface area contributed by atoms with Gasteiger partial charge in [-0.15, -0.1) is 12.4 Å². The Balaban J connectivity index is 0.00000289. The minimum absolute atomic E-state index is 0. The van der Waals surface area contributed by atoms with Crippen molar-refractivity contribution in [3.63, 3.8) is 0 Å². The van der Waals surface area contributed by atoms with Crippen LogP contribution in [0.3, 0.4) is 0 Å². The highest BCUT2D eigenvalue weighted by atomic mass is 35.5. The quantitative estimate of drug-likeness (QED) is 0.870. The van der Waals surface area contributed by atoms with Crippen LogP contribution in [0, 0.1) is 11.7 Å². The van der Waals surface area contributed by atoms with Gasteiger partial charge in [-0.3, -0.25) is 0 Å². The number of hydrogen-bond acceptors (Lipinski definition) is 3. The van der Waals surface area contributed by atoms with Crippen LogP contribution in [-0.2, 0) is 0 Å². The first kappa shape index (κ1) is 17.2. The molecular formula is C13H21ClFNO2. The summed E-state index contributed by atoms with van der Waals surface area (Å²) in [5.74, 6) is 0.430. The third-order valence-corrected chi connectivity index (χ3v) is 2.69. The molecule has 0 aromatic heterocycles. The van der Waals surface area contributed by atoms with Gasteiger partial charge in [0.2, 0.25) is 0 Å². The lowest BCUT2D eigenvalue weighted by atomic mass is 9.95. The first-order valence-electron chi connectivity index (χ1n) is 5.72. The van der Waals surface area contributed by atoms with Crippen molar-refractivity contribution in [2.45, 2.75) is 32.4 Å². The molecule has 3 N–H and O–H groups in total. The number of hydrogen-bond donors (Lipinski definition) is 2. The maximum absolute atomic E-state index is 13.6. The van der Waals surface area contributed by atoms with Crippen molar-refractivity contribution in [3.05, 3.63) is 29.6 Å². The van der Waals surface area contributed by atoms with Crippen LogP contribution in [0.1, 0.15) is 31.9 Å². The summed E-state index contributed by atoms with van der Waals surface area (Å²) in [6, 6.07) is 3.63. The lowest BCUT2D eigenvalue weighted by Gasteiger charge is -2.21. The SMILES string of the molecule is COc1ccc(F)c([C@H](N)[C@H](O)CC(C)C)c1.Cl. The molecule has 0 radical (unpaired) electrons. The summed E-state index contributed by atoms with van der Waals surface area (Å²) in [4.78, 5) is 0. The number of methoxy groups -OCH3 is 1. The summed E-state index contributed by atoms with van der Waals surface area (Å²) >= 11 is 0. The predicted octanol–water partition coefficient (Wildman–Crippen LogP) is 2.66. The van der Waals surface area contributed by atoms with Gasteiger partial charge in [0.15, 0.2) is 0 Å². The normalized spacial score (nSPS) is 13.9. The molecule has 2 atom stereocenters. The zero-order chi connectivity index (χ0) is 13.0. The van der Waals surface area contributed by atoms with E-state index in [4.69, 9.17) is 10.5 Å². The van der Waals surface area contributed by atoms with E-state index in [9.17, 15) is 9.50 Å². The zero-order valence-corrected chi connectivity index (χ0v) is 11.7. The molecule has 1 rings (SSSR count). The van der Waals surface area contributed by atoms with Crippen LogP contribution in [0.5, 0.6) is 5.75 Å². The molecule has 0 spiro atoms. The highest BCUT2D eigenvalue weighted by Crippen LogP contribution is 2.25. The van der Waals surface area contributed by atoms with Crippen LogP contribution in [-0.4, -0.2) is 18.3 Å². The summed E-state index contributed by atoms with van der Waals surface area (Å²) in [6.07, 6.45) is -0.214. The third-order valence-electron chi connectivity index (χ3n) is 2.69. The topological polar surface area (TPSA) is 55.5 Å². The molecule has 0 amide bonds.